The summed E-state index contributed by atoms with van der Waals surface area (Å²) in [6.07, 6.45) is 1.56. The van der Waals surface area contributed by atoms with Gasteiger partial charge in [-0.1, -0.05) is 30.3 Å². The van der Waals surface area contributed by atoms with Crippen LogP contribution in [0.4, 0.5) is 14.9 Å². The average Bonchev–Trinajstić information content (AvgIpc) is 3.11. The molecule has 3 amide bonds. The fourth-order valence-corrected chi connectivity index (χ4v) is 4.12. The third-order valence-corrected chi connectivity index (χ3v) is 5.96. The van der Waals surface area contributed by atoms with E-state index in [1.807, 2.05) is 0 Å². The number of ether oxygens (including phenoxy) is 2. The monoisotopic (exact) mass is 492 g/mol. The summed E-state index contributed by atoms with van der Waals surface area (Å²) in [5, 5.41) is 2.12. The first kappa shape index (κ1) is 24.0. The van der Waals surface area contributed by atoms with Crippen LogP contribution in [0.25, 0.3) is 6.08 Å². The Morgan fingerprint density at radius 2 is 1.80 bits per heavy atom. The molecule has 3 aromatic carbocycles. The average molecular weight is 493 g/mol. The van der Waals surface area contributed by atoms with E-state index >= 15 is 0 Å². The highest BCUT2D eigenvalue weighted by Gasteiger charge is 2.36. The molecule has 1 heterocycles. The van der Waals surface area contributed by atoms with Crippen LogP contribution in [0.5, 0.6) is 11.5 Å². The zero-order valence-electron chi connectivity index (χ0n) is 18.7. The summed E-state index contributed by atoms with van der Waals surface area (Å²) in [5.74, 6) is -0.279. The lowest BCUT2D eigenvalue weighted by Crippen LogP contribution is -2.36. The topological polar surface area (TPSA) is 84.9 Å². The number of nitrogens with zero attached hydrogens (tertiary/aromatic N) is 1. The molecule has 0 aliphatic carbocycles. The lowest BCUT2D eigenvalue weighted by atomic mass is 10.2. The van der Waals surface area contributed by atoms with Gasteiger partial charge in [-0.3, -0.25) is 19.3 Å². The van der Waals surface area contributed by atoms with Crippen LogP contribution in [-0.2, 0) is 16.2 Å². The van der Waals surface area contributed by atoms with Crippen molar-refractivity contribution in [2.24, 2.45) is 0 Å². The molecule has 1 N–H and O–H groups in total. The van der Waals surface area contributed by atoms with Crippen molar-refractivity contribution >= 4 is 40.6 Å². The molecule has 4 rings (SSSR count). The molecular weight excluding hydrogens is 471 g/mol. The number of carbonyl (C=O) groups excluding carboxylic acids is 3. The van der Waals surface area contributed by atoms with Crippen molar-refractivity contribution in [3.8, 4) is 11.5 Å². The summed E-state index contributed by atoms with van der Waals surface area (Å²) >= 11 is 0.759. The second-order valence-electron chi connectivity index (χ2n) is 7.50. The van der Waals surface area contributed by atoms with Gasteiger partial charge >= 0.3 is 0 Å². The number of hydrogen-bond acceptors (Lipinski definition) is 6. The van der Waals surface area contributed by atoms with E-state index in [-0.39, 0.29) is 17.3 Å². The predicted molar refractivity (Wildman–Crippen MR) is 131 cm³/mol. The van der Waals surface area contributed by atoms with E-state index in [0.29, 0.717) is 28.3 Å². The standard InChI is InChI=1S/C26H21FN2O5S/c1-33-20-11-9-19(10-12-20)28-24(30)15-29-25(31)23(35-26(29)32)14-17-5-4-7-21(13-17)34-16-18-6-2-3-8-22(18)27/h2-14H,15-16H2,1H3,(H,28,30)/b23-14+. The van der Waals surface area contributed by atoms with Crippen LogP contribution in [0.15, 0.2) is 77.7 Å². The van der Waals surface area contributed by atoms with Crippen molar-refractivity contribution in [3.05, 3.63) is 94.6 Å². The quantitative estimate of drug-likeness (QED) is 0.441. The molecule has 0 spiro atoms. The third kappa shape index (κ3) is 6.07. The van der Waals surface area contributed by atoms with E-state index in [9.17, 15) is 18.8 Å². The van der Waals surface area contributed by atoms with Crippen molar-refractivity contribution in [1.82, 2.24) is 4.90 Å². The number of thioether (sulfide) groups is 1. The first-order valence-electron chi connectivity index (χ1n) is 10.6. The molecule has 0 radical (unpaired) electrons. The van der Waals surface area contributed by atoms with E-state index in [1.54, 1.807) is 72.8 Å². The normalized spacial score (nSPS) is 14.3. The lowest BCUT2D eigenvalue weighted by Gasteiger charge is -2.12. The van der Waals surface area contributed by atoms with Crippen molar-refractivity contribution in [3.63, 3.8) is 0 Å². The summed E-state index contributed by atoms with van der Waals surface area (Å²) in [7, 11) is 1.54. The lowest BCUT2D eigenvalue weighted by molar-refractivity contribution is -0.127. The fraction of sp³-hybridized carbons (Fsp3) is 0.115. The fourth-order valence-electron chi connectivity index (χ4n) is 3.28. The van der Waals surface area contributed by atoms with Crippen molar-refractivity contribution in [1.29, 1.82) is 0 Å². The van der Waals surface area contributed by atoms with E-state index in [1.165, 1.54) is 13.2 Å². The number of imide groups is 1. The molecule has 0 atom stereocenters. The van der Waals surface area contributed by atoms with Gasteiger partial charge in [-0.2, -0.15) is 0 Å². The second kappa shape index (κ2) is 10.9. The van der Waals surface area contributed by atoms with Gasteiger partial charge in [-0.15, -0.1) is 0 Å². The summed E-state index contributed by atoms with van der Waals surface area (Å²) < 4.78 is 24.5. The smallest absolute Gasteiger partial charge is 0.294 e. The highest BCUT2D eigenvalue weighted by molar-refractivity contribution is 8.18. The van der Waals surface area contributed by atoms with Gasteiger partial charge < -0.3 is 14.8 Å². The van der Waals surface area contributed by atoms with Gasteiger partial charge in [-0.25, -0.2) is 4.39 Å². The molecule has 35 heavy (non-hydrogen) atoms. The first-order chi connectivity index (χ1) is 16.9. The molecule has 0 unspecified atom stereocenters. The van der Waals surface area contributed by atoms with Crippen molar-refractivity contribution < 1.29 is 28.2 Å². The zero-order chi connectivity index (χ0) is 24.8. The van der Waals surface area contributed by atoms with Crippen LogP contribution < -0.4 is 14.8 Å². The molecule has 0 bridgehead atoms. The van der Waals surface area contributed by atoms with Gasteiger partial charge in [0, 0.05) is 11.3 Å². The van der Waals surface area contributed by atoms with Crippen molar-refractivity contribution in [2.45, 2.75) is 6.61 Å². The number of rotatable bonds is 8. The molecular formula is C26H21FN2O5S. The van der Waals surface area contributed by atoms with Crippen LogP contribution in [0.2, 0.25) is 0 Å². The second-order valence-corrected chi connectivity index (χ2v) is 8.49. The molecule has 178 valence electrons. The minimum absolute atomic E-state index is 0.0515. The molecule has 1 saturated heterocycles. The van der Waals surface area contributed by atoms with E-state index in [4.69, 9.17) is 9.47 Å². The van der Waals surface area contributed by atoms with Gasteiger partial charge in [0.25, 0.3) is 11.1 Å². The van der Waals surface area contributed by atoms with E-state index in [2.05, 4.69) is 5.32 Å². The molecule has 3 aromatic rings. The van der Waals surface area contributed by atoms with Crippen LogP contribution >= 0.6 is 11.8 Å². The number of benzene rings is 3. The zero-order valence-corrected chi connectivity index (χ0v) is 19.5. The molecule has 1 aliphatic heterocycles. The Hall–Kier alpha value is -4.11. The Bertz CT molecular complexity index is 1290. The Balaban J connectivity index is 1.39. The van der Waals surface area contributed by atoms with Crippen LogP contribution in [0.3, 0.4) is 0 Å². The van der Waals surface area contributed by atoms with E-state index < -0.39 is 23.6 Å². The maximum atomic E-state index is 13.8. The number of halogens is 1. The summed E-state index contributed by atoms with van der Waals surface area (Å²) in [5.41, 5.74) is 1.57. The maximum absolute atomic E-state index is 13.8. The van der Waals surface area contributed by atoms with Crippen molar-refractivity contribution in [2.75, 3.05) is 19.0 Å². The largest absolute Gasteiger partial charge is 0.497 e. The van der Waals surface area contributed by atoms with Crippen LogP contribution in [0.1, 0.15) is 11.1 Å². The van der Waals surface area contributed by atoms with Gasteiger partial charge in [0.05, 0.1) is 12.0 Å². The molecule has 7 nitrogen and oxygen atoms in total. The molecule has 0 aromatic heterocycles. The summed E-state index contributed by atoms with van der Waals surface area (Å²) in [4.78, 5) is 38.6. The minimum atomic E-state index is -0.553. The maximum Gasteiger partial charge on any atom is 0.294 e. The SMILES string of the molecule is COc1ccc(NC(=O)CN2C(=O)S/C(=C/c3cccc(OCc4ccccc4F)c3)C2=O)cc1. The number of methoxy groups -OCH3 is 1. The number of anilines is 1. The molecule has 9 heteroatoms. The Morgan fingerprint density at radius 3 is 2.54 bits per heavy atom. The van der Waals surface area contributed by atoms with Gasteiger partial charge in [-0.05, 0) is 65.9 Å². The predicted octanol–water partition coefficient (Wildman–Crippen LogP) is 5.09. The third-order valence-electron chi connectivity index (χ3n) is 5.06. The van der Waals surface area contributed by atoms with Crippen LogP contribution in [0, 0.1) is 5.82 Å². The Morgan fingerprint density at radius 1 is 1.03 bits per heavy atom. The van der Waals surface area contributed by atoms with Gasteiger partial charge in [0.1, 0.15) is 30.5 Å². The Kier molecular flexibility index (Phi) is 7.47. The molecule has 1 fully saturated rings. The number of hydrogen-bond donors (Lipinski definition) is 1. The van der Waals surface area contributed by atoms with Gasteiger partial charge in [0.2, 0.25) is 5.91 Å². The van der Waals surface area contributed by atoms with E-state index in [0.717, 1.165) is 16.7 Å². The number of amides is 3. The summed E-state index contributed by atoms with van der Waals surface area (Å²) in [6, 6.07) is 19.9. The van der Waals surface area contributed by atoms with Crippen LogP contribution in [-0.4, -0.2) is 35.6 Å². The number of nitrogens with one attached hydrogen (secondary N) is 1. The van der Waals surface area contributed by atoms with Gasteiger partial charge in [0.15, 0.2) is 0 Å². The highest BCUT2D eigenvalue weighted by atomic mass is 32.2. The molecule has 0 saturated carbocycles. The summed E-state index contributed by atoms with van der Waals surface area (Å²) in [6.45, 7) is -0.351. The first-order valence-corrected chi connectivity index (χ1v) is 11.4. The number of carbonyl (C=O) groups is 3. The molecule has 1 aliphatic rings. The Labute approximate surface area is 205 Å². The minimum Gasteiger partial charge on any atom is -0.497 e. The highest BCUT2D eigenvalue weighted by Crippen LogP contribution is 2.32.